The smallest absolute Gasteiger partial charge is 0.229 e. The molecule has 1 unspecified atom stereocenters. The lowest BCUT2D eigenvalue weighted by Gasteiger charge is -2.17. The molecular weight excluding hydrogens is 290 g/mol. The molecule has 1 aromatic heterocycles. The second kappa shape index (κ2) is 8.22. The molecule has 1 saturated carbocycles. The molecule has 5 nitrogen and oxygen atoms in total. The fourth-order valence-electron chi connectivity index (χ4n) is 3.27. The zero-order valence-electron chi connectivity index (χ0n) is 13.4. The van der Waals surface area contributed by atoms with E-state index in [-0.39, 0.29) is 12.6 Å². The Kier molecular flexibility index (Phi) is 5.77. The summed E-state index contributed by atoms with van der Waals surface area (Å²) in [5.74, 6) is 1.93. The van der Waals surface area contributed by atoms with Gasteiger partial charge in [0.1, 0.15) is 0 Å². The zero-order valence-corrected chi connectivity index (χ0v) is 13.4. The Bertz CT molecular complexity index is 579. The molecule has 2 N–H and O–H groups in total. The first kappa shape index (κ1) is 16.1. The van der Waals surface area contributed by atoms with Gasteiger partial charge < -0.3 is 14.9 Å². The van der Waals surface area contributed by atoms with Gasteiger partial charge in [0.25, 0.3) is 0 Å². The van der Waals surface area contributed by atoms with Gasteiger partial charge in [-0.05, 0) is 24.8 Å². The van der Waals surface area contributed by atoms with Crippen LogP contribution in [0.2, 0.25) is 0 Å². The second-order valence-electron chi connectivity index (χ2n) is 6.24. The first-order valence-corrected chi connectivity index (χ1v) is 8.58. The van der Waals surface area contributed by atoms with Gasteiger partial charge in [-0.1, -0.05) is 54.8 Å². The molecule has 3 rings (SSSR count). The van der Waals surface area contributed by atoms with E-state index in [0.29, 0.717) is 24.7 Å². The van der Waals surface area contributed by atoms with Crippen LogP contribution in [-0.4, -0.2) is 21.9 Å². The lowest BCUT2D eigenvalue weighted by molar-refractivity contribution is 0.264. The number of hydrogen-bond donors (Lipinski definition) is 2. The van der Waals surface area contributed by atoms with E-state index in [1.54, 1.807) is 0 Å². The van der Waals surface area contributed by atoms with Crippen LogP contribution in [-0.2, 0) is 6.54 Å². The van der Waals surface area contributed by atoms with E-state index < -0.39 is 0 Å². The van der Waals surface area contributed by atoms with E-state index in [1.165, 1.54) is 19.3 Å². The van der Waals surface area contributed by atoms with E-state index in [0.717, 1.165) is 24.3 Å². The molecule has 124 valence electrons. The largest absolute Gasteiger partial charge is 0.396 e. The van der Waals surface area contributed by atoms with E-state index in [2.05, 4.69) is 27.6 Å². The number of rotatable bonds is 7. The first-order valence-electron chi connectivity index (χ1n) is 8.58. The number of hydrogen-bond acceptors (Lipinski definition) is 5. The normalized spacial score (nSPS) is 17.3. The zero-order chi connectivity index (χ0) is 15.9. The highest BCUT2D eigenvalue weighted by atomic mass is 16.5. The average molecular weight is 315 g/mol. The van der Waals surface area contributed by atoms with Crippen molar-refractivity contribution in [2.24, 2.45) is 0 Å². The van der Waals surface area contributed by atoms with Crippen LogP contribution in [0.25, 0.3) is 0 Å². The molecular formula is C18H25N3O2. The summed E-state index contributed by atoms with van der Waals surface area (Å²) >= 11 is 0. The van der Waals surface area contributed by atoms with Gasteiger partial charge in [0, 0.05) is 18.6 Å². The molecule has 0 radical (unpaired) electrons. The molecule has 0 bridgehead atoms. The molecule has 5 heteroatoms. The van der Waals surface area contributed by atoms with Crippen molar-refractivity contribution in [1.29, 1.82) is 0 Å². The lowest BCUT2D eigenvalue weighted by atomic mass is 9.89. The second-order valence-corrected chi connectivity index (χ2v) is 6.24. The molecule has 1 heterocycles. The van der Waals surface area contributed by atoms with Crippen LogP contribution in [0, 0.1) is 0 Å². The minimum atomic E-state index is 0.0952. The summed E-state index contributed by atoms with van der Waals surface area (Å²) in [4.78, 5) is 4.56. The van der Waals surface area contributed by atoms with Crippen LogP contribution in [0.1, 0.15) is 67.8 Å². The molecule has 0 amide bonds. The molecule has 1 aliphatic carbocycles. The molecule has 23 heavy (non-hydrogen) atoms. The molecule has 0 aliphatic heterocycles. The van der Waals surface area contributed by atoms with Crippen molar-refractivity contribution in [3.8, 4) is 0 Å². The number of nitrogens with one attached hydrogen (secondary N) is 1. The van der Waals surface area contributed by atoms with Crippen molar-refractivity contribution >= 4 is 0 Å². The fourth-order valence-corrected chi connectivity index (χ4v) is 3.27. The Hall–Kier alpha value is -1.72. The molecule has 0 saturated heterocycles. The Morgan fingerprint density at radius 3 is 2.70 bits per heavy atom. The van der Waals surface area contributed by atoms with Crippen molar-refractivity contribution < 1.29 is 9.63 Å². The number of nitrogens with zero attached hydrogens (tertiary/aromatic N) is 2. The summed E-state index contributed by atoms with van der Waals surface area (Å²) in [6.07, 6.45) is 6.81. The maximum Gasteiger partial charge on any atom is 0.229 e. The van der Waals surface area contributed by atoms with E-state index >= 15 is 0 Å². The Balaban J connectivity index is 1.59. The van der Waals surface area contributed by atoms with E-state index in [1.807, 2.05) is 18.2 Å². The van der Waals surface area contributed by atoms with Crippen LogP contribution >= 0.6 is 0 Å². The van der Waals surface area contributed by atoms with Crippen molar-refractivity contribution in [3.63, 3.8) is 0 Å². The number of benzene rings is 1. The predicted octanol–water partition coefficient (Wildman–Crippen LogP) is 3.33. The summed E-state index contributed by atoms with van der Waals surface area (Å²) in [7, 11) is 0. The molecule has 1 aliphatic rings. The summed E-state index contributed by atoms with van der Waals surface area (Å²) in [6.45, 7) is 0.696. The van der Waals surface area contributed by atoms with Gasteiger partial charge in [0.15, 0.2) is 5.82 Å². The van der Waals surface area contributed by atoms with E-state index in [4.69, 9.17) is 4.52 Å². The predicted molar refractivity (Wildman–Crippen MR) is 87.8 cm³/mol. The average Bonchev–Trinajstić information content (AvgIpc) is 3.09. The number of aliphatic hydroxyl groups excluding tert-OH is 1. The van der Waals surface area contributed by atoms with Crippen molar-refractivity contribution in [3.05, 3.63) is 47.6 Å². The highest BCUT2D eigenvalue weighted by molar-refractivity contribution is 5.18. The van der Waals surface area contributed by atoms with Crippen LogP contribution in [0.15, 0.2) is 34.9 Å². The van der Waals surface area contributed by atoms with Crippen LogP contribution in [0.5, 0.6) is 0 Å². The van der Waals surface area contributed by atoms with Gasteiger partial charge in [-0.2, -0.15) is 4.98 Å². The SMILES string of the molecule is OCCC(NCc1noc(C2CCCCC2)n1)c1ccccc1. The van der Waals surface area contributed by atoms with Crippen LogP contribution < -0.4 is 5.32 Å². The van der Waals surface area contributed by atoms with Crippen molar-refractivity contribution in [2.45, 2.75) is 57.0 Å². The summed E-state index contributed by atoms with van der Waals surface area (Å²) in [5.41, 5.74) is 1.16. The van der Waals surface area contributed by atoms with Gasteiger partial charge in [-0.15, -0.1) is 0 Å². The molecule has 1 fully saturated rings. The van der Waals surface area contributed by atoms with Gasteiger partial charge in [0.2, 0.25) is 5.89 Å². The summed E-state index contributed by atoms with van der Waals surface area (Å²) < 4.78 is 5.45. The summed E-state index contributed by atoms with van der Waals surface area (Å²) in [5, 5.41) is 16.8. The minimum Gasteiger partial charge on any atom is -0.396 e. The van der Waals surface area contributed by atoms with Gasteiger partial charge in [0.05, 0.1) is 6.54 Å². The molecule has 2 aromatic rings. The Morgan fingerprint density at radius 2 is 1.96 bits per heavy atom. The minimum absolute atomic E-state index is 0.0952. The maximum atomic E-state index is 9.28. The molecule has 0 spiro atoms. The number of aromatic nitrogens is 2. The lowest BCUT2D eigenvalue weighted by Crippen LogP contribution is -2.22. The highest BCUT2D eigenvalue weighted by Gasteiger charge is 2.21. The van der Waals surface area contributed by atoms with Crippen molar-refractivity contribution in [2.75, 3.05) is 6.61 Å². The first-order chi connectivity index (χ1) is 11.4. The van der Waals surface area contributed by atoms with Gasteiger partial charge in [-0.25, -0.2) is 0 Å². The van der Waals surface area contributed by atoms with Crippen LogP contribution in [0.4, 0.5) is 0 Å². The third-order valence-corrected chi connectivity index (χ3v) is 4.56. The quantitative estimate of drug-likeness (QED) is 0.820. The number of aliphatic hydroxyl groups is 1. The third-order valence-electron chi connectivity index (χ3n) is 4.56. The topological polar surface area (TPSA) is 71.2 Å². The van der Waals surface area contributed by atoms with E-state index in [9.17, 15) is 5.11 Å². The molecule has 1 aromatic carbocycles. The third kappa shape index (κ3) is 4.39. The summed E-state index contributed by atoms with van der Waals surface area (Å²) in [6, 6.07) is 10.2. The Labute approximate surface area is 137 Å². The maximum absolute atomic E-state index is 9.28. The standard InChI is InChI=1S/C18H25N3O2/c22-12-11-16(14-7-3-1-4-8-14)19-13-17-20-18(23-21-17)15-9-5-2-6-10-15/h1,3-4,7-8,15-16,19,22H,2,5-6,9-13H2. The van der Waals surface area contributed by atoms with Crippen molar-refractivity contribution in [1.82, 2.24) is 15.5 Å². The molecule has 1 atom stereocenters. The monoisotopic (exact) mass is 315 g/mol. The van der Waals surface area contributed by atoms with Gasteiger partial charge in [-0.3, -0.25) is 0 Å². The van der Waals surface area contributed by atoms with Crippen LogP contribution in [0.3, 0.4) is 0 Å². The van der Waals surface area contributed by atoms with Gasteiger partial charge >= 0.3 is 0 Å². The highest BCUT2D eigenvalue weighted by Crippen LogP contribution is 2.31. The Morgan fingerprint density at radius 1 is 1.17 bits per heavy atom. The fraction of sp³-hybridized carbons (Fsp3) is 0.556.